The van der Waals surface area contributed by atoms with Gasteiger partial charge in [0, 0.05) is 23.1 Å². The number of aromatic amines is 1. The molecule has 0 saturated carbocycles. The minimum Gasteiger partial charge on any atom is -0.497 e. The Bertz CT molecular complexity index is 1030. The zero-order chi connectivity index (χ0) is 18.1. The van der Waals surface area contributed by atoms with Gasteiger partial charge >= 0.3 is 0 Å². The van der Waals surface area contributed by atoms with Crippen molar-refractivity contribution in [2.45, 2.75) is 19.4 Å². The number of benzene rings is 2. The summed E-state index contributed by atoms with van der Waals surface area (Å²) in [7, 11) is -1.63. The Morgan fingerprint density at radius 2 is 1.96 bits per heavy atom. The van der Waals surface area contributed by atoms with Crippen LogP contribution in [0.3, 0.4) is 0 Å². The molecule has 0 atom stereocenters. The third kappa shape index (κ3) is 3.22. The van der Waals surface area contributed by atoms with Gasteiger partial charge in [-0.25, -0.2) is 8.42 Å². The molecule has 0 fully saturated rings. The number of hydrogen-bond donors (Lipinski definition) is 1. The molecule has 1 N–H and O–H groups in total. The van der Waals surface area contributed by atoms with Crippen LogP contribution in [0.2, 0.25) is 0 Å². The first kappa shape index (κ1) is 17.1. The predicted octanol–water partition coefficient (Wildman–Crippen LogP) is 3.11. The molecule has 6 heteroatoms. The Hall–Kier alpha value is -2.31. The predicted molar refractivity (Wildman–Crippen MR) is 103 cm³/mol. The van der Waals surface area contributed by atoms with Crippen LogP contribution in [-0.2, 0) is 29.4 Å². The first-order valence-corrected chi connectivity index (χ1v) is 10.4. The lowest BCUT2D eigenvalue weighted by molar-refractivity contribution is 0.388. The highest BCUT2D eigenvalue weighted by Gasteiger charge is 2.28. The fourth-order valence-corrected chi connectivity index (χ4v) is 5.03. The minimum absolute atomic E-state index is 0.139. The number of ether oxygens (including phenoxy) is 1. The average molecular weight is 370 g/mol. The van der Waals surface area contributed by atoms with E-state index in [0.717, 1.165) is 27.9 Å². The zero-order valence-corrected chi connectivity index (χ0v) is 15.6. The van der Waals surface area contributed by atoms with Gasteiger partial charge < -0.3 is 9.72 Å². The van der Waals surface area contributed by atoms with E-state index in [2.05, 4.69) is 4.98 Å². The quantitative estimate of drug-likeness (QED) is 0.751. The van der Waals surface area contributed by atoms with Crippen LogP contribution in [0.15, 0.2) is 48.5 Å². The minimum atomic E-state index is -3.29. The molecule has 0 unspecified atom stereocenters. The van der Waals surface area contributed by atoms with Crippen LogP contribution in [0.5, 0.6) is 5.75 Å². The molecule has 4 rings (SSSR count). The number of aromatic nitrogens is 1. The number of hydrogen-bond acceptors (Lipinski definition) is 3. The second kappa shape index (κ2) is 6.78. The second-order valence-corrected chi connectivity index (χ2v) is 8.72. The highest BCUT2D eigenvalue weighted by Crippen LogP contribution is 2.31. The van der Waals surface area contributed by atoms with Gasteiger partial charge in [0.15, 0.2) is 0 Å². The third-order valence-corrected chi connectivity index (χ3v) is 6.85. The maximum Gasteiger partial charge on any atom is 0.214 e. The van der Waals surface area contributed by atoms with Gasteiger partial charge in [0.05, 0.1) is 19.4 Å². The third-order valence-electron chi connectivity index (χ3n) is 5.03. The summed E-state index contributed by atoms with van der Waals surface area (Å²) < 4.78 is 32.5. The Morgan fingerprint density at radius 1 is 1.15 bits per heavy atom. The number of sulfonamides is 1. The molecule has 0 saturated heterocycles. The monoisotopic (exact) mass is 370 g/mol. The van der Waals surface area contributed by atoms with E-state index in [0.29, 0.717) is 25.9 Å². The fraction of sp³-hybridized carbons (Fsp3) is 0.300. The SMILES string of the molecule is COc1ccc2[nH]c3c(c2c1)CCN(S(=O)(=O)CCc1ccccc1)C3. The van der Waals surface area contributed by atoms with E-state index in [1.807, 2.05) is 48.5 Å². The molecule has 136 valence electrons. The average Bonchev–Trinajstić information content (AvgIpc) is 3.04. The second-order valence-electron chi connectivity index (χ2n) is 6.63. The summed E-state index contributed by atoms with van der Waals surface area (Å²) in [5.74, 6) is 0.956. The lowest BCUT2D eigenvalue weighted by atomic mass is 10.0. The number of H-pyrrole nitrogens is 1. The molecule has 1 aliphatic rings. The molecule has 1 aliphatic heterocycles. The lowest BCUT2D eigenvalue weighted by Gasteiger charge is -2.26. The molecule has 5 nitrogen and oxygen atoms in total. The highest BCUT2D eigenvalue weighted by atomic mass is 32.2. The molecule has 2 aromatic carbocycles. The molecule has 3 aromatic rings. The smallest absolute Gasteiger partial charge is 0.214 e. The van der Waals surface area contributed by atoms with Crippen LogP contribution in [-0.4, -0.2) is 37.1 Å². The van der Waals surface area contributed by atoms with Crippen LogP contribution in [0.4, 0.5) is 0 Å². The normalized spacial score (nSPS) is 15.1. The molecule has 0 radical (unpaired) electrons. The topological polar surface area (TPSA) is 62.4 Å². The Morgan fingerprint density at radius 3 is 2.73 bits per heavy atom. The van der Waals surface area contributed by atoms with Crippen LogP contribution in [0, 0.1) is 0 Å². The summed E-state index contributed by atoms with van der Waals surface area (Å²) in [6.45, 7) is 0.928. The fourth-order valence-electron chi connectivity index (χ4n) is 3.58. The molecule has 0 spiro atoms. The molecule has 0 amide bonds. The van der Waals surface area contributed by atoms with Crippen LogP contribution in [0.25, 0.3) is 10.9 Å². The Labute approximate surface area is 153 Å². The van der Waals surface area contributed by atoms with Gasteiger partial charge in [0.2, 0.25) is 10.0 Å². The first-order chi connectivity index (χ1) is 12.6. The molecule has 2 heterocycles. The van der Waals surface area contributed by atoms with Crippen LogP contribution < -0.4 is 4.74 Å². The van der Waals surface area contributed by atoms with Gasteiger partial charge in [-0.15, -0.1) is 0 Å². The summed E-state index contributed by atoms with van der Waals surface area (Å²) in [6.07, 6.45) is 1.25. The number of nitrogens with one attached hydrogen (secondary N) is 1. The molecule has 26 heavy (non-hydrogen) atoms. The van der Waals surface area contributed by atoms with Crippen molar-refractivity contribution in [3.05, 3.63) is 65.4 Å². The summed E-state index contributed by atoms with van der Waals surface area (Å²) in [5, 5.41) is 1.13. The van der Waals surface area contributed by atoms with E-state index in [1.54, 1.807) is 11.4 Å². The van der Waals surface area contributed by atoms with Crippen LogP contribution >= 0.6 is 0 Å². The number of methoxy groups -OCH3 is 1. The number of rotatable bonds is 5. The number of fused-ring (bicyclic) bond motifs is 3. The van der Waals surface area contributed by atoms with Crippen molar-refractivity contribution in [3.8, 4) is 5.75 Å². The molecular weight excluding hydrogens is 348 g/mol. The van der Waals surface area contributed by atoms with E-state index >= 15 is 0 Å². The van der Waals surface area contributed by atoms with E-state index in [1.165, 1.54) is 5.56 Å². The van der Waals surface area contributed by atoms with Crippen molar-refractivity contribution in [2.75, 3.05) is 19.4 Å². The standard InChI is InChI=1S/C20H22N2O3S/c1-25-16-7-8-19-18(13-16)17-9-11-22(14-20(17)21-19)26(23,24)12-10-15-5-3-2-4-6-15/h2-8,13,21H,9-12,14H2,1H3. The molecule has 0 aliphatic carbocycles. The molecule has 1 aromatic heterocycles. The first-order valence-electron chi connectivity index (χ1n) is 8.76. The van der Waals surface area contributed by atoms with Gasteiger partial charge in [0.25, 0.3) is 0 Å². The van der Waals surface area contributed by atoms with Gasteiger partial charge in [-0.3, -0.25) is 0 Å². The van der Waals surface area contributed by atoms with Gasteiger partial charge in [-0.1, -0.05) is 30.3 Å². The summed E-state index contributed by atoms with van der Waals surface area (Å²) >= 11 is 0. The number of aryl methyl sites for hydroxylation is 1. The number of nitrogens with zero attached hydrogens (tertiary/aromatic N) is 1. The van der Waals surface area contributed by atoms with Crippen molar-refractivity contribution in [1.29, 1.82) is 0 Å². The van der Waals surface area contributed by atoms with Crippen molar-refractivity contribution < 1.29 is 13.2 Å². The van der Waals surface area contributed by atoms with Crippen molar-refractivity contribution >= 4 is 20.9 Å². The van der Waals surface area contributed by atoms with Crippen molar-refractivity contribution in [2.24, 2.45) is 0 Å². The Kier molecular flexibility index (Phi) is 4.46. The highest BCUT2D eigenvalue weighted by molar-refractivity contribution is 7.89. The summed E-state index contributed by atoms with van der Waals surface area (Å²) in [5.41, 5.74) is 4.27. The van der Waals surface area contributed by atoms with Crippen molar-refractivity contribution in [1.82, 2.24) is 9.29 Å². The van der Waals surface area contributed by atoms with E-state index < -0.39 is 10.0 Å². The summed E-state index contributed by atoms with van der Waals surface area (Å²) in [4.78, 5) is 3.38. The van der Waals surface area contributed by atoms with Gasteiger partial charge in [0.1, 0.15) is 5.75 Å². The van der Waals surface area contributed by atoms with E-state index in [4.69, 9.17) is 4.74 Å². The maximum atomic E-state index is 12.8. The lowest BCUT2D eigenvalue weighted by Crippen LogP contribution is -2.37. The molecule has 0 bridgehead atoms. The van der Waals surface area contributed by atoms with E-state index in [-0.39, 0.29) is 5.75 Å². The zero-order valence-electron chi connectivity index (χ0n) is 14.7. The van der Waals surface area contributed by atoms with Gasteiger partial charge in [-0.05, 0) is 42.2 Å². The largest absolute Gasteiger partial charge is 0.497 e. The Balaban J connectivity index is 1.54. The van der Waals surface area contributed by atoms with Crippen LogP contribution in [0.1, 0.15) is 16.8 Å². The van der Waals surface area contributed by atoms with Gasteiger partial charge in [-0.2, -0.15) is 4.31 Å². The maximum absolute atomic E-state index is 12.8. The van der Waals surface area contributed by atoms with Crippen molar-refractivity contribution in [3.63, 3.8) is 0 Å². The summed E-state index contributed by atoms with van der Waals surface area (Å²) in [6, 6.07) is 15.7. The molecular formula is C20H22N2O3S. The van der Waals surface area contributed by atoms with E-state index in [9.17, 15) is 8.42 Å².